The van der Waals surface area contributed by atoms with Crippen molar-refractivity contribution in [2.45, 2.75) is 32.0 Å². The molecule has 0 aliphatic heterocycles. The van der Waals surface area contributed by atoms with Crippen molar-refractivity contribution >= 4 is 10.9 Å². The van der Waals surface area contributed by atoms with Gasteiger partial charge in [-0.1, -0.05) is 12.1 Å². The van der Waals surface area contributed by atoms with Crippen molar-refractivity contribution in [1.82, 2.24) is 24.4 Å². The minimum Gasteiger partial charge on any atom is -0.330 e. The molecule has 1 aliphatic rings. The van der Waals surface area contributed by atoms with Gasteiger partial charge in [0.15, 0.2) is 0 Å². The molecule has 2 heterocycles. The minimum atomic E-state index is -0.0815. The normalized spacial score (nSPS) is 14.7. The zero-order valence-corrected chi connectivity index (χ0v) is 13.1. The number of imidazole rings is 1. The van der Waals surface area contributed by atoms with Crippen LogP contribution in [0, 0.1) is 0 Å². The second-order valence-corrected chi connectivity index (χ2v) is 6.23. The van der Waals surface area contributed by atoms with Gasteiger partial charge in [-0.2, -0.15) is 0 Å². The van der Waals surface area contributed by atoms with Crippen molar-refractivity contribution in [3.8, 4) is 0 Å². The van der Waals surface area contributed by atoms with E-state index in [2.05, 4.69) is 24.4 Å². The molecule has 1 aromatic carbocycles. The van der Waals surface area contributed by atoms with Crippen LogP contribution in [0.4, 0.5) is 0 Å². The van der Waals surface area contributed by atoms with Crippen molar-refractivity contribution in [2.24, 2.45) is 0 Å². The molecular weight excluding hydrogens is 290 g/mol. The molecule has 1 saturated carbocycles. The summed E-state index contributed by atoms with van der Waals surface area (Å²) in [6, 6.07) is 8.04. The summed E-state index contributed by atoms with van der Waals surface area (Å²) in [4.78, 5) is 26.0. The highest BCUT2D eigenvalue weighted by Crippen LogP contribution is 2.35. The SMILES string of the molecule is CN(Cc1nc2ccccc2c(=O)[nH]1)Cc1cncn1C1CC1. The predicted molar refractivity (Wildman–Crippen MR) is 88.0 cm³/mol. The van der Waals surface area contributed by atoms with Crippen LogP contribution in [0.15, 0.2) is 41.6 Å². The number of H-pyrrole nitrogens is 1. The fraction of sp³-hybridized carbons (Fsp3) is 0.353. The molecule has 6 heteroatoms. The van der Waals surface area contributed by atoms with Crippen LogP contribution in [-0.2, 0) is 13.1 Å². The zero-order chi connectivity index (χ0) is 15.8. The zero-order valence-electron chi connectivity index (χ0n) is 13.1. The standard InChI is InChI=1S/C17H19N5O/c1-21(9-13-8-18-11-22(13)12-6-7-12)10-16-19-15-5-3-2-4-14(15)17(23)20-16/h2-5,8,11-12H,6-7,9-10H2,1H3,(H,19,20,23). The monoisotopic (exact) mass is 309 g/mol. The first-order valence-electron chi connectivity index (χ1n) is 7.88. The van der Waals surface area contributed by atoms with Gasteiger partial charge in [0.25, 0.3) is 5.56 Å². The van der Waals surface area contributed by atoms with E-state index < -0.39 is 0 Å². The number of nitrogens with zero attached hydrogens (tertiary/aromatic N) is 4. The molecule has 0 spiro atoms. The molecule has 0 saturated heterocycles. The predicted octanol–water partition coefficient (Wildman–Crippen LogP) is 2.09. The average molecular weight is 309 g/mol. The maximum absolute atomic E-state index is 12.1. The van der Waals surface area contributed by atoms with Gasteiger partial charge in [-0.05, 0) is 32.0 Å². The summed E-state index contributed by atoms with van der Waals surface area (Å²) in [5, 5.41) is 0.630. The van der Waals surface area contributed by atoms with Crippen LogP contribution < -0.4 is 5.56 Å². The van der Waals surface area contributed by atoms with E-state index in [1.54, 1.807) is 6.07 Å². The van der Waals surface area contributed by atoms with E-state index >= 15 is 0 Å². The Hall–Kier alpha value is -2.47. The Morgan fingerprint density at radius 1 is 1.30 bits per heavy atom. The summed E-state index contributed by atoms with van der Waals surface area (Å²) in [6.45, 7) is 1.38. The number of nitrogens with one attached hydrogen (secondary N) is 1. The Morgan fingerprint density at radius 3 is 2.96 bits per heavy atom. The first-order valence-corrected chi connectivity index (χ1v) is 7.88. The topological polar surface area (TPSA) is 66.8 Å². The Morgan fingerprint density at radius 2 is 2.13 bits per heavy atom. The molecule has 0 amide bonds. The third-order valence-electron chi connectivity index (χ3n) is 4.20. The molecule has 0 atom stereocenters. The van der Waals surface area contributed by atoms with Gasteiger partial charge >= 0.3 is 0 Å². The third-order valence-corrected chi connectivity index (χ3v) is 4.20. The van der Waals surface area contributed by atoms with Crippen LogP contribution in [0.3, 0.4) is 0 Å². The maximum Gasteiger partial charge on any atom is 0.258 e. The number of para-hydroxylation sites is 1. The number of hydrogen-bond donors (Lipinski definition) is 1. The lowest BCUT2D eigenvalue weighted by Gasteiger charge is -2.17. The molecule has 23 heavy (non-hydrogen) atoms. The first-order chi connectivity index (χ1) is 11.2. The summed E-state index contributed by atoms with van der Waals surface area (Å²) in [6.07, 6.45) is 6.32. The van der Waals surface area contributed by atoms with Crippen molar-refractivity contribution in [3.05, 3.63) is 58.7 Å². The minimum absolute atomic E-state index is 0.0815. The van der Waals surface area contributed by atoms with E-state index in [-0.39, 0.29) is 5.56 Å². The van der Waals surface area contributed by atoms with Crippen molar-refractivity contribution in [1.29, 1.82) is 0 Å². The van der Waals surface area contributed by atoms with Gasteiger partial charge in [0.05, 0.1) is 29.5 Å². The molecule has 0 radical (unpaired) electrons. The molecule has 1 fully saturated rings. The number of aromatic nitrogens is 4. The molecule has 0 unspecified atom stereocenters. The summed E-state index contributed by atoms with van der Waals surface area (Å²) in [5.41, 5.74) is 1.86. The summed E-state index contributed by atoms with van der Waals surface area (Å²) >= 11 is 0. The molecule has 0 bridgehead atoms. The smallest absolute Gasteiger partial charge is 0.258 e. The van der Waals surface area contributed by atoms with Crippen LogP contribution in [-0.4, -0.2) is 31.5 Å². The van der Waals surface area contributed by atoms with Crippen LogP contribution in [0.1, 0.15) is 30.4 Å². The molecule has 118 valence electrons. The van der Waals surface area contributed by atoms with Gasteiger partial charge < -0.3 is 9.55 Å². The number of rotatable bonds is 5. The second kappa shape index (κ2) is 5.62. The lowest BCUT2D eigenvalue weighted by molar-refractivity contribution is 0.302. The van der Waals surface area contributed by atoms with Gasteiger partial charge in [-0.15, -0.1) is 0 Å². The lowest BCUT2D eigenvalue weighted by atomic mass is 10.2. The van der Waals surface area contributed by atoms with Crippen molar-refractivity contribution in [2.75, 3.05) is 7.05 Å². The molecule has 3 aromatic rings. The molecule has 1 aliphatic carbocycles. The Kier molecular flexibility index (Phi) is 3.46. The first kappa shape index (κ1) is 14.1. The Bertz CT molecular complexity index is 893. The van der Waals surface area contributed by atoms with Crippen molar-refractivity contribution in [3.63, 3.8) is 0 Å². The van der Waals surface area contributed by atoms with Gasteiger partial charge in [-0.3, -0.25) is 9.69 Å². The highest BCUT2D eigenvalue weighted by molar-refractivity contribution is 5.77. The van der Waals surface area contributed by atoms with Gasteiger partial charge in [0, 0.05) is 18.8 Å². The van der Waals surface area contributed by atoms with E-state index in [1.165, 1.54) is 18.5 Å². The Balaban J connectivity index is 1.53. The Labute approximate surface area is 133 Å². The highest BCUT2D eigenvalue weighted by Gasteiger charge is 2.25. The average Bonchev–Trinajstić information content (AvgIpc) is 3.27. The fourth-order valence-corrected chi connectivity index (χ4v) is 2.93. The highest BCUT2D eigenvalue weighted by atomic mass is 16.1. The summed E-state index contributed by atoms with van der Waals surface area (Å²) in [7, 11) is 2.03. The van der Waals surface area contributed by atoms with Crippen LogP contribution in [0.25, 0.3) is 10.9 Å². The van der Waals surface area contributed by atoms with E-state index in [1.807, 2.05) is 37.8 Å². The van der Waals surface area contributed by atoms with Crippen molar-refractivity contribution < 1.29 is 0 Å². The molecule has 4 rings (SSSR count). The van der Waals surface area contributed by atoms with Gasteiger partial charge in [0.1, 0.15) is 5.82 Å². The largest absolute Gasteiger partial charge is 0.330 e. The summed E-state index contributed by atoms with van der Waals surface area (Å²) in [5.74, 6) is 0.689. The lowest BCUT2D eigenvalue weighted by Crippen LogP contribution is -2.23. The molecule has 1 N–H and O–H groups in total. The summed E-state index contributed by atoms with van der Waals surface area (Å²) < 4.78 is 2.26. The number of hydrogen-bond acceptors (Lipinski definition) is 4. The number of aromatic amines is 1. The van der Waals surface area contributed by atoms with Gasteiger partial charge in [-0.25, -0.2) is 9.97 Å². The van der Waals surface area contributed by atoms with E-state index in [4.69, 9.17) is 0 Å². The quantitative estimate of drug-likeness (QED) is 0.783. The number of fused-ring (bicyclic) bond motifs is 1. The third kappa shape index (κ3) is 2.90. The van der Waals surface area contributed by atoms with E-state index in [9.17, 15) is 4.79 Å². The fourth-order valence-electron chi connectivity index (χ4n) is 2.93. The van der Waals surface area contributed by atoms with Crippen LogP contribution >= 0.6 is 0 Å². The number of benzene rings is 1. The molecular formula is C17H19N5O. The van der Waals surface area contributed by atoms with Gasteiger partial charge in [0.2, 0.25) is 0 Å². The molecule has 6 nitrogen and oxygen atoms in total. The van der Waals surface area contributed by atoms with E-state index in [0.29, 0.717) is 23.8 Å². The maximum atomic E-state index is 12.1. The van der Waals surface area contributed by atoms with E-state index in [0.717, 1.165) is 12.1 Å². The van der Waals surface area contributed by atoms with Crippen LogP contribution in [0.2, 0.25) is 0 Å². The second-order valence-electron chi connectivity index (χ2n) is 6.23. The van der Waals surface area contributed by atoms with Crippen LogP contribution in [0.5, 0.6) is 0 Å². The molecule has 2 aromatic heterocycles.